The van der Waals surface area contributed by atoms with Gasteiger partial charge in [-0.2, -0.15) is 0 Å². The highest BCUT2D eigenvalue weighted by molar-refractivity contribution is 5.78. The van der Waals surface area contributed by atoms with Crippen molar-refractivity contribution in [1.82, 2.24) is 9.80 Å². The van der Waals surface area contributed by atoms with Crippen molar-refractivity contribution >= 4 is 11.9 Å². The lowest BCUT2D eigenvalue weighted by atomic mass is 10.2. The Morgan fingerprint density at radius 3 is 2.50 bits per heavy atom. The summed E-state index contributed by atoms with van der Waals surface area (Å²) < 4.78 is 5.57. The molecule has 1 saturated heterocycles. The van der Waals surface area contributed by atoms with Crippen molar-refractivity contribution in [3.05, 3.63) is 0 Å². The number of nitrogens with zero attached hydrogens (tertiary/aromatic N) is 2. The van der Waals surface area contributed by atoms with Crippen LogP contribution in [0.1, 0.15) is 33.1 Å². The van der Waals surface area contributed by atoms with E-state index in [2.05, 4.69) is 0 Å². The number of carboxylic acid groups (broad SMARTS) is 1. The van der Waals surface area contributed by atoms with Crippen molar-refractivity contribution in [2.75, 3.05) is 39.3 Å². The monoisotopic (exact) mass is 286 g/mol. The topological polar surface area (TPSA) is 70.1 Å². The number of carbonyl (C=O) groups excluding carboxylic acids is 1. The molecule has 0 saturated carbocycles. The van der Waals surface area contributed by atoms with E-state index in [9.17, 15) is 9.59 Å². The standard InChI is InChI=1S/C14H26N2O4/c1-3-16(4-2)13(17)11-15(8-7-14(18)19)10-12-6-5-9-20-12/h12H,3-11H2,1-2H3,(H,18,19). The van der Waals surface area contributed by atoms with Gasteiger partial charge in [-0.25, -0.2) is 0 Å². The van der Waals surface area contributed by atoms with Crippen molar-refractivity contribution in [3.63, 3.8) is 0 Å². The molecule has 1 unspecified atom stereocenters. The van der Waals surface area contributed by atoms with E-state index in [4.69, 9.17) is 9.84 Å². The zero-order chi connectivity index (χ0) is 15.0. The molecule has 0 aromatic heterocycles. The highest BCUT2D eigenvalue weighted by atomic mass is 16.5. The second-order valence-electron chi connectivity index (χ2n) is 5.08. The minimum Gasteiger partial charge on any atom is -0.481 e. The molecule has 1 rings (SSSR count). The Kier molecular flexibility index (Phi) is 7.54. The Bertz CT molecular complexity index is 312. The maximum absolute atomic E-state index is 12.1. The third-order valence-electron chi connectivity index (χ3n) is 3.60. The van der Waals surface area contributed by atoms with E-state index in [1.807, 2.05) is 18.7 Å². The lowest BCUT2D eigenvalue weighted by Crippen LogP contribution is -2.43. The Morgan fingerprint density at radius 1 is 1.30 bits per heavy atom. The molecule has 1 atom stereocenters. The first-order valence-corrected chi connectivity index (χ1v) is 7.40. The van der Waals surface area contributed by atoms with Crippen LogP contribution in [0.15, 0.2) is 0 Å². The molecule has 6 heteroatoms. The predicted molar refractivity (Wildman–Crippen MR) is 75.6 cm³/mol. The third-order valence-corrected chi connectivity index (χ3v) is 3.60. The fraction of sp³-hybridized carbons (Fsp3) is 0.857. The molecule has 0 spiro atoms. The van der Waals surface area contributed by atoms with Gasteiger partial charge in [0, 0.05) is 32.8 Å². The molecule has 0 aliphatic carbocycles. The van der Waals surface area contributed by atoms with Gasteiger partial charge in [0.2, 0.25) is 5.91 Å². The normalized spacial score (nSPS) is 18.4. The molecule has 0 aromatic carbocycles. The molecule has 1 fully saturated rings. The van der Waals surface area contributed by atoms with Crippen molar-refractivity contribution in [1.29, 1.82) is 0 Å². The van der Waals surface area contributed by atoms with Crippen LogP contribution in [0.3, 0.4) is 0 Å². The lowest BCUT2D eigenvalue weighted by Gasteiger charge is -2.27. The molecule has 1 amide bonds. The zero-order valence-corrected chi connectivity index (χ0v) is 12.5. The first-order chi connectivity index (χ1) is 9.56. The maximum atomic E-state index is 12.1. The lowest BCUT2D eigenvalue weighted by molar-refractivity contribution is -0.138. The smallest absolute Gasteiger partial charge is 0.304 e. The van der Waals surface area contributed by atoms with Crippen molar-refractivity contribution in [2.24, 2.45) is 0 Å². The predicted octanol–water partition coefficient (Wildman–Crippen LogP) is 0.810. The number of amides is 1. The van der Waals surface area contributed by atoms with Gasteiger partial charge in [0.1, 0.15) is 0 Å². The number of carboxylic acids is 1. The molecule has 0 bridgehead atoms. The summed E-state index contributed by atoms with van der Waals surface area (Å²) in [5.74, 6) is -0.781. The van der Waals surface area contributed by atoms with E-state index in [0.717, 1.165) is 19.4 Å². The molecule has 116 valence electrons. The van der Waals surface area contributed by atoms with Crippen LogP contribution in [0.5, 0.6) is 0 Å². The van der Waals surface area contributed by atoms with Gasteiger partial charge in [-0.3, -0.25) is 14.5 Å². The first-order valence-electron chi connectivity index (χ1n) is 7.40. The van der Waals surface area contributed by atoms with E-state index in [1.54, 1.807) is 4.90 Å². The van der Waals surface area contributed by atoms with Crippen LogP contribution in [0, 0.1) is 0 Å². The summed E-state index contributed by atoms with van der Waals surface area (Å²) in [7, 11) is 0. The SMILES string of the molecule is CCN(CC)C(=O)CN(CCC(=O)O)CC1CCCO1. The van der Waals surface area contributed by atoms with Crippen LogP contribution in [0.25, 0.3) is 0 Å². The maximum Gasteiger partial charge on any atom is 0.304 e. The van der Waals surface area contributed by atoms with Crippen LogP contribution in [0.4, 0.5) is 0 Å². The van der Waals surface area contributed by atoms with Crippen LogP contribution in [-0.2, 0) is 14.3 Å². The van der Waals surface area contributed by atoms with Crippen molar-refractivity contribution < 1.29 is 19.4 Å². The van der Waals surface area contributed by atoms with Crippen LogP contribution >= 0.6 is 0 Å². The average Bonchev–Trinajstić information content (AvgIpc) is 2.90. The van der Waals surface area contributed by atoms with Crippen molar-refractivity contribution in [2.45, 2.75) is 39.2 Å². The van der Waals surface area contributed by atoms with E-state index in [0.29, 0.717) is 26.2 Å². The molecule has 1 heterocycles. The second-order valence-corrected chi connectivity index (χ2v) is 5.08. The Hall–Kier alpha value is -1.14. The number of hydrogen-bond acceptors (Lipinski definition) is 4. The van der Waals surface area contributed by atoms with E-state index < -0.39 is 5.97 Å². The summed E-state index contributed by atoms with van der Waals surface area (Å²) in [6.07, 6.45) is 2.22. The molecular formula is C14H26N2O4. The van der Waals surface area contributed by atoms with Gasteiger partial charge in [0.25, 0.3) is 0 Å². The first kappa shape index (κ1) is 16.9. The van der Waals surface area contributed by atoms with Gasteiger partial charge in [-0.15, -0.1) is 0 Å². The minimum absolute atomic E-state index is 0.0538. The molecule has 1 N–H and O–H groups in total. The fourth-order valence-electron chi connectivity index (χ4n) is 2.43. The van der Waals surface area contributed by atoms with E-state index in [1.165, 1.54) is 0 Å². The van der Waals surface area contributed by atoms with Crippen LogP contribution < -0.4 is 0 Å². The fourth-order valence-corrected chi connectivity index (χ4v) is 2.43. The Balaban J connectivity index is 2.51. The van der Waals surface area contributed by atoms with Gasteiger partial charge < -0.3 is 14.7 Å². The van der Waals surface area contributed by atoms with Gasteiger partial charge in [-0.1, -0.05) is 0 Å². The molecule has 0 radical (unpaired) electrons. The summed E-state index contributed by atoms with van der Waals surface area (Å²) in [5, 5.41) is 8.81. The zero-order valence-electron chi connectivity index (χ0n) is 12.5. The van der Waals surface area contributed by atoms with Crippen LogP contribution in [-0.4, -0.2) is 72.2 Å². The van der Waals surface area contributed by atoms with Gasteiger partial charge in [-0.05, 0) is 26.7 Å². The molecule has 1 aliphatic heterocycles. The summed E-state index contributed by atoms with van der Waals surface area (Å²) in [5.41, 5.74) is 0. The second kappa shape index (κ2) is 8.92. The van der Waals surface area contributed by atoms with Gasteiger partial charge in [0.15, 0.2) is 0 Å². The number of likely N-dealkylation sites (N-methyl/N-ethyl adjacent to an activating group) is 1. The average molecular weight is 286 g/mol. The van der Waals surface area contributed by atoms with Gasteiger partial charge >= 0.3 is 5.97 Å². The van der Waals surface area contributed by atoms with Crippen molar-refractivity contribution in [3.8, 4) is 0 Å². The highest BCUT2D eigenvalue weighted by Gasteiger charge is 2.22. The highest BCUT2D eigenvalue weighted by Crippen LogP contribution is 2.13. The number of ether oxygens (including phenoxy) is 1. The summed E-state index contributed by atoms with van der Waals surface area (Å²) in [4.78, 5) is 26.5. The molecule has 0 aromatic rings. The Morgan fingerprint density at radius 2 is 2.00 bits per heavy atom. The molecule has 1 aliphatic rings. The van der Waals surface area contributed by atoms with E-state index >= 15 is 0 Å². The number of rotatable bonds is 9. The van der Waals surface area contributed by atoms with Crippen LogP contribution in [0.2, 0.25) is 0 Å². The summed E-state index contributed by atoms with van der Waals surface area (Å²) in [6, 6.07) is 0. The number of aliphatic carboxylic acids is 1. The quantitative estimate of drug-likeness (QED) is 0.679. The van der Waals surface area contributed by atoms with E-state index in [-0.39, 0.29) is 25.0 Å². The Labute approximate surface area is 120 Å². The molecular weight excluding hydrogens is 260 g/mol. The number of carbonyl (C=O) groups is 2. The largest absolute Gasteiger partial charge is 0.481 e. The molecule has 20 heavy (non-hydrogen) atoms. The summed E-state index contributed by atoms with van der Waals surface area (Å²) in [6.45, 7) is 7.33. The summed E-state index contributed by atoms with van der Waals surface area (Å²) >= 11 is 0. The molecule has 6 nitrogen and oxygen atoms in total. The minimum atomic E-state index is -0.836. The van der Waals surface area contributed by atoms with Gasteiger partial charge in [0.05, 0.1) is 19.1 Å². The third kappa shape index (κ3) is 5.88. The number of hydrogen-bond donors (Lipinski definition) is 1.